The Bertz CT molecular complexity index is 949. The van der Waals surface area contributed by atoms with Crippen molar-refractivity contribution in [2.45, 2.75) is 19.9 Å². The fourth-order valence-corrected chi connectivity index (χ4v) is 2.85. The number of carbonyl (C=O) groups is 2. The van der Waals surface area contributed by atoms with Crippen LogP contribution in [0.25, 0.3) is 10.9 Å². The molecule has 3 N–H and O–H groups in total. The van der Waals surface area contributed by atoms with Gasteiger partial charge in [-0.1, -0.05) is 23.7 Å². The number of fused-ring (bicyclic) bond motifs is 1. The van der Waals surface area contributed by atoms with E-state index in [1.807, 2.05) is 37.3 Å². The van der Waals surface area contributed by atoms with Gasteiger partial charge in [-0.2, -0.15) is 0 Å². The van der Waals surface area contributed by atoms with Crippen LogP contribution in [-0.2, 0) is 4.79 Å². The Labute approximate surface area is 150 Å². The molecule has 1 unspecified atom stereocenters. The number of benzene rings is 2. The van der Waals surface area contributed by atoms with Crippen LogP contribution in [-0.4, -0.2) is 16.8 Å². The van der Waals surface area contributed by atoms with Crippen LogP contribution >= 0.6 is 11.6 Å². The third-order valence-corrected chi connectivity index (χ3v) is 4.12. The molecule has 0 spiro atoms. The minimum atomic E-state index is -0.212. The van der Waals surface area contributed by atoms with Crippen LogP contribution in [0.5, 0.6) is 0 Å². The van der Waals surface area contributed by atoms with Gasteiger partial charge in [0.25, 0.3) is 5.91 Å². The minimum Gasteiger partial charge on any atom is -0.351 e. The van der Waals surface area contributed by atoms with E-state index in [0.717, 1.165) is 16.5 Å². The first kappa shape index (κ1) is 17.0. The second-order valence-electron chi connectivity index (χ2n) is 5.92. The SMILES string of the molecule is CC(=O)Nc1cccc(C(C)NC(=O)c2cc3cc(Cl)ccc3[nH]2)c1. The number of carbonyl (C=O) groups excluding carboxylic acids is 2. The van der Waals surface area contributed by atoms with E-state index >= 15 is 0 Å². The third-order valence-electron chi connectivity index (χ3n) is 3.88. The first-order chi connectivity index (χ1) is 11.9. The van der Waals surface area contributed by atoms with Crippen LogP contribution in [0, 0.1) is 0 Å². The van der Waals surface area contributed by atoms with E-state index in [1.54, 1.807) is 18.2 Å². The van der Waals surface area contributed by atoms with Gasteiger partial charge in [-0.3, -0.25) is 9.59 Å². The van der Waals surface area contributed by atoms with E-state index in [9.17, 15) is 9.59 Å². The lowest BCUT2D eigenvalue weighted by Crippen LogP contribution is -2.27. The summed E-state index contributed by atoms with van der Waals surface area (Å²) in [6.45, 7) is 3.35. The molecule has 3 aromatic rings. The second kappa shape index (κ2) is 6.99. The molecule has 5 nitrogen and oxygen atoms in total. The molecule has 25 heavy (non-hydrogen) atoms. The highest BCUT2D eigenvalue weighted by Crippen LogP contribution is 2.21. The maximum atomic E-state index is 12.5. The number of hydrogen-bond donors (Lipinski definition) is 3. The summed E-state index contributed by atoms with van der Waals surface area (Å²) in [7, 11) is 0. The van der Waals surface area contributed by atoms with Crippen molar-refractivity contribution in [3.05, 3.63) is 64.8 Å². The fourth-order valence-electron chi connectivity index (χ4n) is 2.67. The van der Waals surface area contributed by atoms with Crippen molar-refractivity contribution in [2.75, 3.05) is 5.32 Å². The summed E-state index contributed by atoms with van der Waals surface area (Å²) in [5.41, 5.74) is 2.93. The first-order valence-electron chi connectivity index (χ1n) is 7.89. The van der Waals surface area contributed by atoms with Gasteiger partial charge in [0.2, 0.25) is 5.91 Å². The smallest absolute Gasteiger partial charge is 0.268 e. The van der Waals surface area contributed by atoms with Crippen LogP contribution in [0.2, 0.25) is 5.02 Å². The van der Waals surface area contributed by atoms with Gasteiger partial charge in [-0.25, -0.2) is 0 Å². The Kier molecular flexibility index (Phi) is 4.76. The molecule has 2 aromatic carbocycles. The van der Waals surface area contributed by atoms with Crippen molar-refractivity contribution in [1.82, 2.24) is 10.3 Å². The Morgan fingerprint density at radius 3 is 2.68 bits per heavy atom. The molecule has 3 rings (SSSR count). The average Bonchev–Trinajstić information content (AvgIpc) is 2.97. The quantitative estimate of drug-likeness (QED) is 0.653. The molecule has 0 aliphatic heterocycles. The molecule has 0 saturated heterocycles. The predicted octanol–water partition coefficient (Wildman–Crippen LogP) is 4.27. The molecule has 0 fully saturated rings. The van der Waals surface area contributed by atoms with E-state index in [4.69, 9.17) is 11.6 Å². The van der Waals surface area contributed by atoms with Crippen molar-refractivity contribution in [3.8, 4) is 0 Å². The topological polar surface area (TPSA) is 74.0 Å². The van der Waals surface area contributed by atoms with Crippen LogP contribution in [0.4, 0.5) is 5.69 Å². The number of anilines is 1. The maximum Gasteiger partial charge on any atom is 0.268 e. The van der Waals surface area contributed by atoms with E-state index in [2.05, 4.69) is 15.6 Å². The molecule has 128 valence electrons. The second-order valence-corrected chi connectivity index (χ2v) is 6.35. The molecule has 0 radical (unpaired) electrons. The number of H-pyrrole nitrogens is 1. The number of hydrogen-bond acceptors (Lipinski definition) is 2. The number of aromatic amines is 1. The van der Waals surface area contributed by atoms with E-state index < -0.39 is 0 Å². The van der Waals surface area contributed by atoms with Gasteiger partial charge >= 0.3 is 0 Å². The molecule has 1 heterocycles. The van der Waals surface area contributed by atoms with Crippen molar-refractivity contribution in [3.63, 3.8) is 0 Å². The lowest BCUT2D eigenvalue weighted by atomic mass is 10.1. The predicted molar refractivity (Wildman–Crippen MR) is 99.9 cm³/mol. The van der Waals surface area contributed by atoms with Gasteiger partial charge in [0.15, 0.2) is 0 Å². The summed E-state index contributed by atoms with van der Waals surface area (Å²) >= 11 is 5.98. The number of amides is 2. The summed E-state index contributed by atoms with van der Waals surface area (Å²) in [5.74, 6) is -0.338. The summed E-state index contributed by atoms with van der Waals surface area (Å²) in [6.07, 6.45) is 0. The van der Waals surface area contributed by atoms with E-state index in [1.165, 1.54) is 6.92 Å². The summed E-state index contributed by atoms with van der Waals surface area (Å²) < 4.78 is 0. The molecule has 0 saturated carbocycles. The summed E-state index contributed by atoms with van der Waals surface area (Å²) in [4.78, 5) is 26.8. The highest BCUT2D eigenvalue weighted by Gasteiger charge is 2.14. The van der Waals surface area contributed by atoms with Crippen LogP contribution < -0.4 is 10.6 Å². The lowest BCUT2D eigenvalue weighted by molar-refractivity contribution is -0.114. The van der Waals surface area contributed by atoms with Crippen molar-refractivity contribution < 1.29 is 9.59 Å². The number of nitrogens with one attached hydrogen (secondary N) is 3. The number of halogens is 1. The third kappa shape index (κ3) is 4.00. The molecule has 6 heteroatoms. The standard InChI is InChI=1S/C19H18ClN3O2/c1-11(13-4-3-5-16(9-13)22-12(2)24)21-19(25)18-10-14-8-15(20)6-7-17(14)23-18/h3-11,23H,1-2H3,(H,21,25)(H,22,24). The van der Waals surface area contributed by atoms with Crippen molar-refractivity contribution >= 4 is 40.0 Å². The fraction of sp³-hybridized carbons (Fsp3) is 0.158. The Balaban J connectivity index is 1.76. The zero-order valence-electron chi connectivity index (χ0n) is 13.9. The molecule has 2 amide bonds. The molecule has 0 aliphatic carbocycles. The van der Waals surface area contributed by atoms with Gasteiger partial charge < -0.3 is 15.6 Å². The van der Waals surface area contributed by atoms with Gasteiger partial charge in [-0.05, 0) is 48.9 Å². The normalized spacial score (nSPS) is 12.0. The molecule has 0 aliphatic rings. The molecule has 1 aromatic heterocycles. The largest absolute Gasteiger partial charge is 0.351 e. The van der Waals surface area contributed by atoms with E-state index in [0.29, 0.717) is 16.4 Å². The Hall–Kier alpha value is -2.79. The number of aromatic nitrogens is 1. The van der Waals surface area contributed by atoms with Crippen LogP contribution in [0.15, 0.2) is 48.5 Å². The van der Waals surface area contributed by atoms with Crippen LogP contribution in [0.3, 0.4) is 0 Å². The number of rotatable bonds is 4. The molecule has 1 atom stereocenters. The Morgan fingerprint density at radius 1 is 1.12 bits per heavy atom. The van der Waals surface area contributed by atoms with Gasteiger partial charge in [0.1, 0.15) is 5.69 Å². The van der Waals surface area contributed by atoms with Gasteiger partial charge in [0, 0.05) is 28.5 Å². The highest BCUT2D eigenvalue weighted by atomic mass is 35.5. The zero-order valence-corrected chi connectivity index (χ0v) is 14.6. The monoisotopic (exact) mass is 355 g/mol. The van der Waals surface area contributed by atoms with Crippen molar-refractivity contribution in [2.24, 2.45) is 0 Å². The first-order valence-corrected chi connectivity index (χ1v) is 8.27. The average molecular weight is 356 g/mol. The molecule has 0 bridgehead atoms. The lowest BCUT2D eigenvalue weighted by Gasteiger charge is -2.15. The summed E-state index contributed by atoms with van der Waals surface area (Å²) in [6, 6.07) is 14.4. The molecular formula is C19H18ClN3O2. The Morgan fingerprint density at radius 2 is 1.92 bits per heavy atom. The highest BCUT2D eigenvalue weighted by molar-refractivity contribution is 6.31. The molecular weight excluding hydrogens is 338 g/mol. The zero-order chi connectivity index (χ0) is 18.0. The van der Waals surface area contributed by atoms with E-state index in [-0.39, 0.29) is 17.9 Å². The van der Waals surface area contributed by atoms with Gasteiger partial charge in [-0.15, -0.1) is 0 Å². The van der Waals surface area contributed by atoms with Crippen LogP contribution in [0.1, 0.15) is 35.9 Å². The minimum absolute atomic E-state index is 0.134. The maximum absolute atomic E-state index is 12.5. The van der Waals surface area contributed by atoms with Crippen molar-refractivity contribution in [1.29, 1.82) is 0 Å². The summed E-state index contributed by atoms with van der Waals surface area (Å²) in [5, 5.41) is 7.20. The van der Waals surface area contributed by atoms with Gasteiger partial charge in [0.05, 0.1) is 6.04 Å².